The van der Waals surface area contributed by atoms with Gasteiger partial charge in [0.1, 0.15) is 5.75 Å². The number of hydrazone groups is 1. The number of rotatable bonds is 5. The molecule has 0 saturated carbocycles. The lowest BCUT2D eigenvalue weighted by molar-refractivity contribution is 0.0954. The maximum absolute atomic E-state index is 12.3. The highest BCUT2D eigenvalue weighted by molar-refractivity contribution is 6.05. The van der Waals surface area contributed by atoms with Crippen LogP contribution in [0.3, 0.4) is 0 Å². The van der Waals surface area contributed by atoms with E-state index < -0.39 is 5.91 Å². The zero-order valence-corrected chi connectivity index (χ0v) is 15.2. The molecule has 0 atom stereocenters. The van der Waals surface area contributed by atoms with E-state index in [9.17, 15) is 14.7 Å². The van der Waals surface area contributed by atoms with Gasteiger partial charge in [-0.15, -0.1) is 0 Å². The molecule has 6 heteroatoms. The van der Waals surface area contributed by atoms with Gasteiger partial charge < -0.3 is 10.4 Å². The first-order valence-corrected chi connectivity index (χ1v) is 8.63. The van der Waals surface area contributed by atoms with Crippen LogP contribution in [-0.2, 0) is 0 Å². The number of benzene rings is 3. The monoisotopic (exact) mass is 373 g/mol. The van der Waals surface area contributed by atoms with Crippen LogP contribution in [0.15, 0.2) is 77.9 Å². The van der Waals surface area contributed by atoms with Crippen LogP contribution in [0.2, 0.25) is 0 Å². The predicted molar refractivity (Wildman–Crippen MR) is 109 cm³/mol. The summed E-state index contributed by atoms with van der Waals surface area (Å²) in [4.78, 5) is 24.5. The molecule has 0 aliphatic heterocycles. The minimum absolute atomic E-state index is 0.0780. The van der Waals surface area contributed by atoms with Gasteiger partial charge >= 0.3 is 0 Å². The molecular weight excluding hydrogens is 354 g/mol. The second-order valence-corrected chi connectivity index (χ2v) is 6.10. The van der Waals surface area contributed by atoms with Crippen molar-refractivity contribution in [1.29, 1.82) is 0 Å². The summed E-state index contributed by atoms with van der Waals surface area (Å²) < 4.78 is 0. The average molecular weight is 373 g/mol. The van der Waals surface area contributed by atoms with E-state index in [0.717, 1.165) is 5.56 Å². The van der Waals surface area contributed by atoms with Gasteiger partial charge in [0.25, 0.3) is 11.8 Å². The molecule has 6 nitrogen and oxygen atoms in total. The second-order valence-electron chi connectivity index (χ2n) is 6.10. The van der Waals surface area contributed by atoms with Crippen molar-refractivity contribution in [2.45, 2.75) is 6.92 Å². The van der Waals surface area contributed by atoms with Crippen molar-refractivity contribution in [2.75, 3.05) is 5.32 Å². The van der Waals surface area contributed by atoms with Crippen molar-refractivity contribution in [3.8, 4) is 5.75 Å². The Morgan fingerprint density at radius 3 is 2.29 bits per heavy atom. The molecule has 0 saturated heterocycles. The summed E-state index contributed by atoms with van der Waals surface area (Å²) in [7, 11) is 0. The lowest BCUT2D eigenvalue weighted by Gasteiger charge is -2.08. The van der Waals surface area contributed by atoms with Gasteiger partial charge in [0.2, 0.25) is 0 Å². The Morgan fingerprint density at radius 2 is 1.57 bits per heavy atom. The molecule has 0 aliphatic rings. The van der Waals surface area contributed by atoms with E-state index in [2.05, 4.69) is 15.8 Å². The summed E-state index contributed by atoms with van der Waals surface area (Å²) in [5, 5.41) is 16.3. The minimum Gasteiger partial charge on any atom is -0.507 e. The number of aryl methyl sites for hydroxylation is 1. The molecule has 0 fully saturated rings. The molecular formula is C22H19N3O3. The summed E-state index contributed by atoms with van der Waals surface area (Å²) in [6.45, 7) is 1.87. The first-order chi connectivity index (χ1) is 13.5. The molecule has 0 bridgehead atoms. The number of amides is 2. The number of nitrogens with zero attached hydrogens (tertiary/aromatic N) is 1. The number of phenolic OH excluding ortho intramolecular Hbond substituents is 1. The lowest BCUT2D eigenvalue weighted by Crippen LogP contribution is -2.18. The summed E-state index contributed by atoms with van der Waals surface area (Å²) in [5.74, 6) is -0.528. The maximum Gasteiger partial charge on any atom is 0.271 e. The molecule has 2 amide bonds. The number of hydrogen-bond donors (Lipinski definition) is 3. The highest BCUT2D eigenvalue weighted by Crippen LogP contribution is 2.14. The van der Waals surface area contributed by atoms with Crippen LogP contribution in [-0.4, -0.2) is 23.1 Å². The van der Waals surface area contributed by atoms with Gasteiger partial charge in [0.05, 0.1) is 6.21 Å². The van der Waals surface area contributed by atoms with Gasteiger partial charge in [-0.25, -0.2) is 5.43 Å². The largest absolute Gasteiger partial charge is 0.507 e. The fourth-order valence-electron chi connectivity index (χ4n) is 2.55. The topological polar surface area (TPSA) is 90.8 Å². The molecule has 0 spiro atoms. The Labute approximate surface area is 162 Å². The Balaban J connectivity index is 1.61. The Bertz CT molecular complexity index is 1030. The normalized spacial score (nSPS) is 10.6. The van der Waals surface area contributed by atoms with Crippen LogP contribution in [0.5, 0.6) is 5.75 Å². The highest BCUT2D eigenvalue weighted by atomic mass is 16.3. The van der Waals surface area contributed by atoms with E-state index in [1.165, 1.54) is 12.3 Å². The number of nitrogens with one attached hydrogen (secondary N) is 2. The van der Waals surface area contributed by atoms with E-state index in [4.69, 9.17) is 0 Å². The van der Waals surface area contributed by atoms with Crippen LogP contribution in [0, 0.1) is 6.92 Å². The van der Waals surface area contributed by atoms with E-state index in [-0.39, 0.29) is 11.7 Å². The van der Waals surface area contributed by atoms with Gasteiger partial charge in [-0.2, -0.15) is 5.10 Å². The molecule has 140 valence electrons. The van der Waals surface area contributed by atoms with Crippen LogP contribution in [0.25, 0.3) is 0 Å². The number of phenols is 1. The Kier molecular flexibility index (Phi) is 5.81. The maximum atomic E-state index is 12.3. The molecule has 3 rings (SSSR count). The highest BCUT2D eigenvalue weighted by Gasteiger charge is 2.09. The third-order valence-corrected chi connectivity index (χ3v) is 4.10. The van der Waals surface area contributed by atoms with E-state index >= 15 is 0 Å². The molecule has 0 unspecified atom stereocenters. The van der Waals surface area contributed by atoms with Crippen molar-refractivity contribution in [3.05, 3.63) is 95.1 Å². The number of hydrogen-bond acceptors (Lipinski definition) is 4. The lowest BCUT2D eigenvalue weighted by atomic mass is 10.1. The first kappa shape index (κ1) is 18.8. The van der Waals surface area contributed by atoms with Crippen molar-refractivity contribution in [1.82, 2.24) is 5.43 Å². The average Bonchev–Trinajstić information content (AvgIpc) is 2.70. The molecule has 0 aliphatic carbocycles. The van der Waals surface area contributed by atoms with E-state index in [1.807, 2.05) is 25.1 Å². The van der Waals surface area contributed by atoms with Gasteiger partial charge in [0, 0.05) is 22.4 Å². The molecule has 3 aromatic carbocycles. The van der Waals surface area contributed by atoms with E-state index in [0.29, 0.717) is 22.4 Å². The fourth-order valence-corrected chi connectivity index (χ4v) is 2.55. The predicted octanol–water partition coefficient (Wildman–Crippen LogP) is 3.72. The number of anilines is 1. The molecule has 3 N–H and O–H groups in total. The SMILES string of the molecule is Cc1ccccc1C(=O)Nc1ccc(C(=O)NN=Cc2ccccc2O)cc1. The standard InChI is InChI=1S/C22H19N3O3/c1-15-6-2-4-8-19(15)22(28)24-18-12-10-16(11-13-18)21(27)25-23-14-17-7-3-5-9-20(17)26/h2-14,26H,1H3,(H,24,28)(H,25,27). The summed E-state index contributed by atoms with van der Waals surface area (Å²) in [6, 6.07) is 20.5. The first-order valence-electron chi connectivity index (χ1n) is 8.63. The zero-order valence-electron chi connectivity index (χ0n) is 15.2. The molecule has 0 aromatic heterocycles. The Hall–Kier alpha value is -3.93. The van der Waals surface area contributed by atoms with Crippen LogP contribution in [0.1, 0.15) is 31.8 Å². The zero-order chi connectivity index (χ0) is 19.9. The fraction of sp³-hybridized carbons (Fsp3) is 0.0455. The molecule has 3 aromatic rings. The van der Waals surface area contributed by atoms with Crippen LogP contribution >= 0.6 is 0 Å². The number of carbonyl (C=O) groups is 2. The molecule has 0 radical (unpaired) electrons. The van der Waals surface area contributed by atoms with Gasteiger partial charge in [-0.1, -0.05) is 30.3 Å². The number of carbonyl (C=O) groups excluding carboxylic acids is 2. The molecule has 28 heavy (non-hydrogen) atoms. The van der Waals surface area contributed by atoms with Crippen molar-refractivity contribution >= 4 is 23.7 Å². The number of aromatic hydroxyl groups is 1. The second kappa shape index (κ2) is 8.64. The third-order valence-electron chi connectivity index (χ3n) is 4.10. The third kappa shape index (κ3) is 4.62. The van der Waals surface area contributed by atoms with Crippen LogP contribution in [0.4, 0.5) is 5.69 Å². The quantitative estimate of drug-likeness (QED) is 0.470. The number of para-hydroxylation sites is 1. The summed E-state index contributed by atoms with van der Waals surface area (Å²) in [5.41, 5.74) is 5.36. The summed E-state index contributed by atoms with van der Waals surface area (Å²) in [6.07, 6.45) is 1.37. The summed E-state index contributed by atoms with van der Waals surface area (Å²) >= 11 is 0. The minimum atomic E-state index is -0.400. The van der Waals surface area contributed by atoms with Gasteiger partial charge in [-0.3, -0.25) is 9.59 Å². The van der Waals surface area contributed by atoms with Gasteiger partial charge in [0.15, 0.2) is 0 Å². The van der Waals surface area contributed by atoms with Gasteiger partial charge in [-0.05, 0) is 55.0 Å². The van der Waals surface area contributed by atoms with E-state index in [1.54, 1.807) is 48.5 Å². The van der Waals surface area contributed by atoms with Crippen molar-refractivity contribution in [2.24, 2.45) is 5.10 Å². The molecule has 0 heterocycles. The van der Waals surface area contributed by atoms with Crippen molar-refractivity contribution in [3.63, 3.8) is 0 Å². The van der Waals surface area contributed by atoms with Crippen molar-refractivity contribution < 1.29 is 14.7 Å². The smallest absolute Gasteiger partial charge is 0.271 e. The van der Waals surface area contributed by atoms with Crippen LogP contribution < -0.4 is 10.7 Å². The Morgan fingerprint density at radius 1 is 0.893 bits per heavy atom.